The van der Waals surface area contributed by atoms with Crippen molar-refractivity contribution in [2.45, 2.75) is 26.7 Å². The molecule has 2 heterocycles. The predicted molar refractivity (Wildman–Crippen MR) is 99.0 cm³/mol. The van der Waals surface area contributed by atoms with E-state index in [-0.39, 0.29) is 0 Å². The Morgan fingerprint density at radius 3 is 2.67 bits per heavy atom. The highest BCUT2D eigenvalue weighted by Gasteiger charge is 2.16. The molecule has 5 nitrogen and oxygen atoms in total. The van der Waals surface area contributed by atoms with Crippen LogP contribution in [-0.4, -0.2) is 24.6 Å². The Labute approximate surface area is 145 Å². The van der Waals surface area contributed by atoms with Gasteiger partial charge in [-0.3, -0.25) is 4.72 Å². The van der Waals surface area contributed by atoms with Crippen molar-refractivity contribution >= 4 is 38.0 Å². The molecule has 0 unspecified atom stereocenters. The number of sulfonamides is 1. The minimum Gasteiger partial charge on any atom is -0.283 e. The molecule has 3 aromatic rings. The summed E-state index contributed by atoms with van der Waals surface area (Å²) < 4.78 is 25.8. The molecule has 1 N–H and O–H groups in total. The van der Waals surface area contributed by atoms with Crippen molar-refractivity contribution in [1.29, 1.82) is 0 Å². The molecular weight excluding hydrogens is 342 g/mol. The molecule has 7 heteroatoms. The minimum atomic E-state index is -3.37. The van der Waals surface area contributed by atoms with Gasteiger partial charge in [0, 0.05) is 16.3 Å². The quantitative estimate of drug-likeness (QED) is 0.764. The van der Waals surface area contributed by atoms with E-state index in [4.69, 9.17) is 0 Å². The molecule has 0 saturated heterocycles. The van der Waals surface area contributed by atoms with Crippen LogP contribution in [0.25, 0.3) is 21.5 Å². The Morgan fingerprint density at radius 1 is 1.29 bits per heavy atom. The fourth-order valence-corrected chi connectivity index (χ4v) is 4.11. The number of fused-ring (bicyclic) bond motifs is 1. The summed E-state index contributed by atoms with van der Waals surface area (Å²) in [4.78, 5) is 9.03. The second-order valence-electron chi connectivity index (χ2n) is 6.03. The van der Waals surface area contributed by atoms with Crippen LogP contribution in [0.4, 0.5) is 5.69 Å². The summed E-state index contributed by atoms with van der Waals surface area (Å²) in [5.74, 6) is 0.353. The number of nitrogens with one attached hydrogen (secondary N) is 1. The lowest BCUT2D eigenvalue weighted by Gasteiger charge is -2.12. The lowest BCUT2D eigenvalue weighted by molar-refractivity contribution is 0.607. The zero-order valence-corrected chi connectivity index (χ0v) is 15.5. The van der Waals surface area contributed by atoms with E-state index in [2.05, 4.69) is 34.7 Å². The van der Waals surface area contributed by atoms with Gasteiger partial charge in [0.2, 0.25) is 10.0 Å². The molecule has 3 rings (SSSR count). The standard InChI is InChI=1S/C17H18N3O2S2/c1-10(2)15-9-23-17(19-15)12-8-18-13-6-5-7-14(16(13)11(12)3)20-24(4,21)22/h5-7,9-10,20H,1-4H3. The predicted octanol–water partition coefficient (Wildman–Crippen LogP) is 3.96. The maximum absolute atomic E-state index is 11.6. The number of nitrogens with zero attached hydrogens (tertiary/aromatic N) is 2. The highest BCUT2D eigenvalue weighted by Crippen LogP contribution is 2.34. The Morgan fingerprint density at radius 2 is 2.04 bits per heavy atom. The van der Waals surface area contributed by atoms with E-state index in [1.807, 2.05) is 18.4 Å². The molecule has 0 bridgehead atoms. The molecule has 125 valence electrons. The van der Waals surface area contributed by atoms with E-state index < -0.39 is 10.0 Å². The molecule has 1 aromatic carbocycles. The van der Waals surface area contributed by atoms with Crippen molar-refractivity contribution in [3.8, 4) is 10.6 Å². The monoisotopic (exact) mass is 360 g/mol. The molecular formula is C17H18N3O2S2. The van der Waals surface area contributed by atoms with Gasteiger partial charge < -0.3 is 0 Å². The first-order chi connectivity index (χ1) is 11.3. The number of hydrogen-bond acceptors (Lipinski definition) is 5. The van der Waals surface area contributed by atoms with Gasteiger partial charge in [-0.25, -0.2) is 18.4 Å². The topological polar surface area (TPSA) is 72.0 Å². The number of thiazole rings is 1. The first-order valence-electron chi connectivity index (χ1n) is 7.51. The molecule has 0 fully saturated rings. The molecule has 0 aliphatic rings. The van der Waals surface area contributed by atoms with Crippen molar-refractivity contribution in [2.75, 3.05) is 11.0 Å². The summed E-state index contributed by atoms with van der Waals surface area (Å²) >= 11 is 1.55. The Balaban J connectivity index is 2.20. The van der Waals surface area contributed by atoms with Crippen LogP contribution in [0.5, 0.6) is 0 Å². The van der Waals surface area contributed by atoms with Crippen molar-refractivity contribution in [1.82, 2.24) is 9.97 Å². The van der Waals surface area contributed by atoms with E-state index in [0.29, 0.717) is 17.1 Å². The van der Waals surface area contributed by atoms with Crippen molar-refractivity contribution in [2.24, 2.45) is 0 Å². The van der Waals surface area contributed by atoms with Crippen molar-refractivity contribution in [3.05, 3.63) is 41.0 Å². The van der Waals surface area contributed by atoms with Gasteiger partial charge >= 0.3 is 0 Å². The fourth-order valence-electron chi connectivity index (χ4n) is 2.51. The molecule has 0 saturated carbocycles. The average Bonchev–Trinajstić information content (AvgIpc) is 2.96. The van der Waals surface area contributed by atoms with Crippen LogP contribution >= 0.6 is 11.3 Å². The Bertz CT molecular complexity index is 1010. The fraction of sp³-hybridized carbons (Fsp3) is 0.294. The molecule has 0 aliphatic heterocycles. The van der Waals surface area contributed by atoms with Crippen LogP contribution in [0, 0.1) is 13.1 Å². The summed E-state index contributed by atoms with van der Waals surface area (Å²) in [7, 11) is -3.37. The third-order valence-corrected chi connectivity index (χ3v) is 5.17. The van der Waals surface area contributed by atoms with Gasteiger partial charge in [0.25, 0.3) is 0 Å². The first-order valence-corrected chi connectivity index (χ1v) is 10.3. The minimum absolute atomic E-state index is 0.353. The van der Waals surface area contributed by atoms with E-state index in [9.17, 15) is 8.42 Å². The van der Waals surface area contributed by atoms with E-state index in [1.54, 1.807) is 23.5 Å². The lowest BCUT2D eigenvalue weighted by Crippen LogP contribution is -2.10. The van der Waals surface area contributed by atoms with E-state index >= 15 is 0 Å². The van der Waals surface area contributed by atoms with Crippen LogP contribution in [-0.2, 0) is 10.0 Å². The summed E-state index contributed by atoms with van der Waals surface area (Å²) in [6, 6.07) is 5.36. The third-order valence-electron chi connectivity index (χ3n) is 3.70. The van der Waals surface area contributed by atoms with Crippen molar-refractivity contribution in [3.63, 3.8) is 0 Å². The molecule has 1 radical (unpaired) electrons. The van der Waals surface area contributed by atoms with Gasteiger partial charge in [0.1, 0.15) is 11.2 Å². The maximum Gasteiger partial charge on any atom is 0.229 e. The average molecular weight is 360 g/mol. The SMILES string of the molecule is Cc1c(-c2nc(C(C)C)cs2)[c]nc2cccc(NS(C)(=O)=O)c12. The van der Waals surface area contributed by atoms with Gasteiger partial charge in [-0.2, -0.15) is 0 Å². The number of anilines is 1. The summed E-state index contributed by atoms with van der Waals surface area (Å²) in [5.41, 5.74) is 3.98. The summed E-state index contributed by atoms with van der Waals surface area (Å²) in [6.45, 7) is 6.14. The van der Waals surface area contributed by atoms with Crippen LogP contribution < -0.4 is 4.72 Å². The Kier molecular flexibility index (Phi) is 4.31. The zero-order chi connectivity index (χ0) is 17.5. The maximum atomic E-state index is 11.6. The largest absolute Gasteiger partial charge is 0.283 e. The number of hydrogen-bond donors (Lipinski definition) is 1. The van der Waals surface area contributed by atoms with E-state index in [1.165, 1.54) is 0 Å². The molecule has 0 amide bonds. The van der Waals surface area contributed by atoms with Crippen LogP contribution in [0.15, 0.2) is 23.6 Å². The number of aryl methyl sites for hydroxylation is 1. The van der Waals surface area contributed by atoms with Gasteiger partial charge in [0.05, 0.1) is 23.2 Å². The molecule has 24 heavy (non-hydrogen) atoms. The van der Waals surface area contributed by atoms with Gasteiger partial charge in [-0.1, -0.05) is 19.9 Å². The second-order valence-corrected chi connectivity index (χ2v) is 8.64. The summed E-state index contributed by atoms with van der Waals surface area (Å²) in [5, 5.41) is 3.66. The molecule has 0 spiro atoms. The number of rotatable bonds is 4. The zero-order valence-electron chi connectivity index (χ0n) is 13.9. The van der Waals surface area contributed by atoms with Crippen LogP contribution in [0.3, 0.4) is 0 Å². The Hall–Kier alpha value is -1.99. The normalized spacial score (nSPS) is 12.0. The lowest BCUT2D eigenvalue weighted by atomic mass is 10.0. The molecule has 0 aliphatic carbocycles. The van der Waals surface area contributed by atoms with Crippen molar-refractivity contribution < 1.29 is 8.42 Å². The second kappa shape index (κ2) is 6.14. The van der Waals surface area contributed by atoms with Gasteiger partial charge in [0.15, 0.2) is 0 Å². The summed E-state index contributed by atoms with van der Waals surface area (Å²) in [6.07, 6.45) is 4.20. The van der Waals surface area contributed by atoms with Gasteiger partial charge in [-0.05, 0) is 30.5 Å². The van der Waals surface area contributed by atoms with Crippen LogP contribution in [0.2, 0.25) is 0 Å². The van der Waals surface area contributed by atoms with Gasteiger partial charge in [-0.15, -0.1) is 11.3 Å². The first kappa shape index (κ1) is 16.9. The third kappa shape index (κ3) is 3.27. The molecule has 2 aromatic heterocycles. The number of pyridine rings is 1. The van der Waals surface area contributed by atoms with E-state index in [0.717, 1.165) is 33.5 Å². The number of aromatic nitrogens is 2. The van der Waals surface area contributed by atoms with Crippen LogP contribution in [0.1, 0.15) is 31.0 Å². The number of benzene rings is 1. The molecule has 0 atom stereocenters. The smallest absolute Gasteiger partial charge is 0.229 e. The highest BCUT2D eigenvalue weighted by molar-refractivity contribution is 7.92. The highest BCUT2D eigenvalue weighted by atomic mass is 32.2.